The summed E-state index contributed by atoms with van der Waals surface area (Å²) in [4.78, 5) is 0. The Bertz CT molecular complexity index is 337. The van der Waals surface area contributed by atoms with E-state index in [1.807, 2.05) is 6.92 Å². The van der Waals surface area contributed by atoms with Gasteiger partial charge in [-0.2, -0.15) is 0 Å². The molecule has 0 aromatic heterocycles. The fourth-order valence-corrected chi connectivity index (χ4v) is 1.75. The predicted octanol–water partition coefficient (Wildman–Crippen LogP) is 2.89. The molecule has 2 heteroatoms. The monoisotopic (exact) mass is 235 g/mol. The van der Waals surface area contributed by atoms with Gasteiger partial charge in [0.1, 0.15) is 0 Å². The molecule has 2 unspecified atom stereocenters. The Labute approximate surface area is 105 Å². The largest absolute Gasteiger partial charge is 0.380 e. The average molecular weight is 235 g/mol. The number of rotatable bonds is 4. The maximum atomic E-state index is 6.06. The first-order valence-electron chi connectivity index (χ1n) is 6.22. The van der Waals surface area contributed by atoms with Crippen LogP contribution in [0, 0.1) is 0 Å². The molecule has 0 amide bonds. The van der Waals surface area contributed by atoms with Crippen molar-refractivity contribution in [3.63, 3.8) is 0 Å². The minimum atomic E-state index is 0.0560. The van der Waals surface area contributed by atoms with E-state index in [-0.39, 0.29) is 17.6 Å². The summed E-state index contributed by atoms with van der Waals surface area (Å²) in [7, 11) is 1.70. The van der Waals surface area contributed by atoms with Crippen LogP contribution in [0.5, 0.6) is 0 Å². The molecule has 0 spiro atoms. The Kier molecular flexibility index (Phi) is 4.72. The molecule has 96 valence electrons. The highest BCUT2D eigenvalue weighted by atomic mass is 16.5. The van der Waals surface area contributed by atoms with E-state index in [9.17, 15) is 0 Å². The summed E-state index contributed by atoms with van der Waals surface area (Å²) in [6, 6.07) is 8.78. The van der Waals surface area contributed by atoms with Gasteiger partial charge in [-0.15, -0.1) is 0 Å². The molecule has 0 aliphatic carbocycles. The summed E-state index contributed by atoms with van der Waals surface area (Å²) in [5.74, 6) is 0. The Balaban J connectivity index is 2.69. The molecule has 0 fully saturated rings. The molecule has 0 radical (unpaired) electrons. The third kappa shape index (κ3) is 4.14. The van der Waals surface area contributed by atoms with E-state index in [0.29, 0.717) is 0 Å². The zero-order valence-corrected chi connectivity index (χ0v) is 11.7. The first-order valence-corrected chi connectivity index (χ1v) is 6.22. The summed E-state index contributed by atoms with van der Waals surface area (Å²) >= 11 is 0. The fraction of sp³-hybridized carbons (Fsp3) is 0.600. The van der Waals surface area contributed by atoms with Gasteiger partial charge in [-0.25, -0.2) is 0 Å². The van der Waals surface area contributed by atoms with Crippen LogP contribution in [0.4, 0.5) is 0 Å². The highest BCUT2D eigenvalue weighted by Gasteiger charge is 2.15. The molecule has 2 nitrogen and oxygen atoms in total. The number of methoxy groups -OCH3 is 1. The molecule has 2 atom stereocenters. The SMILES string of the molecule is COC(C)C(N)Cc1ccc(C(C)(C)C)cc1. The smallest absolute Gasteiger partial charge is 0.0697 e. The maximum absolute atomic E-state index is 6.06. The number of nitrogens with two attached hydrogens (primary N) is 1. The molecule has 0 saturated carbocycles. The van der Waals surface area contributed by atoms with Gasteiger partial charge in [0.05, 0.1) is 6.10 Å². The van der Waals surface area contributed by atoms with Crippen LogP contribution < -0.4 is 5.73 Å². The summed E-state index contributed by atoms with van der Waals surface area (Å²) in [5, 5.41) is 0. The summed E-state index contributed by atoms with van der Waals surface area (Å²) in [6.07, 6.45) is 0.955. The van der Waals surface area contributed by atoms with Crippen molar-refractivity contribution in [2.75, 3.05) is 7.11 Å². The van der Waals surface area contributed by atoms with Crippen LogP contribution in [0.2, 0.25) is 0 Å². The predicted molar refractivity (Wildman–Crippen MR) is 73.3 cm³/mol. The second kappa shape index (κ2) is 5.65. The molecule has 0 heterocycles. The van der Waals surface area contributed by atoms with Gasteiger partial charge in [0.15, 0.2) is 0 Å². The molecule has 17 heavy (non-hydrogen) atoms. The second-order valence-corrected chi connectivity index (χ2v) is 5.76. The van der Waals surface area contributed by atoms with Gasteiger partial charge in [0.25, 0.3) is 0 Å². The molecule has 0 aliphatic rings. The van der Waals surface area contributed by atoms with Crippen LogP contribution in [-0.4, -0.2) is 19.3 Å². The number of benzene rings is 1. The van der Waals surface area contributed by atoms with Gasteiger partial charge >= 0.3 is 0 Å². The lowest BCUT2D eigenvalue weighted by atomic mass is 9.86. The normalized spacial score (nSPS) is 15.6. The van der Waals surface area contributed by atoms with Crippen LogP contribution in [0.1, 0.15) is 38.8 Å². The maximum Gasteiger partial charge on any atom is 0.0697 e. The topological polar surface area (TPSA) is 35.2 Å². The molecule has 0 aliphatic heterocycles. The van der Waals surface area contributed by atoms with Crippen molar-refractivity contribution in [1.29, 1.82) is 0 Å². The molecule has 0 bridgehead atoms. The van der Waals surface area contributed by atoms with Crippen molar-refractivity contribution >= 4 is 0 Å². The van der Waals surface area contributed by atoms with Crippen LogP contribution in [-0.2, 0) is 16.6 Å². The highest BCUT2D eigenvalue weighted by molar-refractivity contribution is 5.28. The molecular weight excluding hydrogens is 210 g/mol. The van der Waals surface area contributed by atoms with E-state index in [4.69, 9.17) is 10.5 Å². The molecular formula is C15H25NO. The molecule has 2 N–H and O–H groups in total. The quantitative estimate of drug-likeness (QED) is 0.871. The van der Waals surface area contributed by atoms with Gasteiger partial charge in [0, 0.05) is 13.2 Å². The first-order chi connectivity index (χ1) is 7.84. The third-order valence-electron chi connectivity index (χ3n) is 3.27. The zero-order chi connectivity index (χ0) is 13.1. The lowest BCUT2D eigenvalue weighted by Crippen LogP contribution is -2.35. The van der Waals surface area contributed by atoms with E-state index >= 15 is 0 Å². The van der Waals surface area contributed by atoms with Crippen molar-refractivity contribution in [3.05, 3.63) is 35.4 Å². The lowest BCUT2D eigenvalue weighted by Gasteiger charge is -2.21. The molecule has 1 rings (SSSR count). The lowest BCUT2D eigenvalue weighted by molar-refractivity contribution is 0.0956. The molecule has 1 aromatic rings. The molecule has 0 saturated heterocycles. The third-order valence-corrected chi connectivity index (χ3v) is 3.27. The van der Waals surface area contributed by atoms with Crippen molar-refractivity contribution in [3.8, 4) is 0 Å². The van der Waals surface area contributed by atoms with E-state index in [1.165, 1.54) is 11.1 Å². The first kappa shape index (κ1) is 14.2. The van der Waals surface area contributed by atoms with Gasteiger partial charge in [-0.05, 0) is 29.9 Å². The molecule has 1 aromatic carbocycles. The van der Waals surface area contributed by atoms with Crippen molar-refractivity contribution in [2.45, 2.75) is 51.7 Å². The van der Waals surface area contributed by atoms with E-state index in [0.717, 1.165) is 6.42 Å². The Morgan fingerprint density at radius 2 is 1.71 bits per heavy atom. The van der Waals surface area contributed by atoms with Gasteiger partial charge < -0.3 is 10.5 Å². The van der Waals surface area contributed by atoms with E-state index in [2.05, 4.69) is 45.0 Å². The van der Waals surface area contributed by atoms with Crippen molar-refractivity contribution in [2.24, 2.45) is 5.73 Å². The van der Waals surface area contributed by atoms with E-state index in [1.54, 1.807) is 7.11 Å². The summed E-state index contributed by atoms with van der Waals surface area (Å²) in [6.45, 7) is 8.68. The Morgan fingerprint density at radius 3 is 2.12 bits per heavy atom. The van der Waals surface area contributed by atoms with Crippen LogP contribution in [0.25, 0.3) is 0 Å². The Hall–Kier alpha value is -0.860. The van der Waals surface area contributed by atoms with Gasteiger partial charge in [0.2, 0.25) is 0 Å². The average Bonchev–Trinajstić information content (AvgIpc) is 2.27. The van der Waals surface area contributed by atoms with Crippen LogP contribution >= 0.6 is 0 Å². The van der Waals surface area contributed by atoms with Crippen LogP contribution in [0.15, 0.2) is 24.3 Å². The summed E-state index contributed by atoms with van der Waals surface area (Å²) < 4.78 is 5.24. The Morgan fingerprint density at radius 1 is 1.18 bits per heavy atom. The minimum Gasteiger partial charge on any atom is -0.380 e. The van der Waals surface area contributed by atoms with Gasteiger partial charge in [-0.3, -0.25) is 0 Å². The number of hydrogen-bond donors (Lipinski definition) is 1. The fourth-order valence-electron chi connectivity index (χ4n) is 1.75. The van der Waals surface area contributed by atoms with Crippen LogP contribution in [0.3, 0.4) is 0 Å². The number of ether oxygens (including phenoxy) is 1. The van der Waals surface area contributed by atoms with Crippen molar-refractivity contribution < 1.29 is 4.74 Å². The minimum absolute atomic E-state index is 0.0560. The summed E-state index contributed by atoms with van der Waals surface area (Å²) in [5.41, 5.74) is 8.90. The second-order valence-electron chi connectivity index (χ2n) is 5.76. The van der Waals surface area contributed by atoms with Gasteiger partial charge in [-0.1, -0.05) is 45.0 Å². The number of hydrogen-bond acceptors (Lipinski definition) is 2. The van der Waals surface area contributed by atoms with E-state index < -0.39 is 0 Å². The van der Waals surface area contributed by atoms with Crippen molar-refractivity contribution in [1.82, 2.24) is 0 Å². The standard InChI is InChI=1S/C15H25NO/c1-11(17-5)14(16)10-12-6-8-13(9-7-12)15(2,3)4/h6-9,11,14H,10,16H2,1-5H3. The highest BCUT2D eigenvalue weighted by Crippen LogP contribution is 2.22. The zero-order valence-electron chi connectivity index (χ0n) is 11.7.